The molecule has 2 rings (SSSR count). The zero-order valence-corrected chi connectivity index (χ0v) is 10.2. The number of oxazole rings is 1. The van der Waals surface area contributed by atoms with E-state index in [2.05, 4.69) is 10.3 Å². The molecule has 0 unspecified atom stereocenters. The van der Waals surface area contributed by atoms with E-state index in [1.54, 1.807) is 0 Å². The topological polar surface area (TPSA) is 38.1 Å². The lowest BCUT2D eigenvalue weighted by Gasteiger charge is -2.04. The Balaban J connectivity index is 2.18. The van der Waals surface area contributed by atoms with Gasteiger partial charge >= 0.3 is 0 Å². The van der Waals surface area contributed by atoms with Crippen molar-refractivity contribution in [3.05, 3.63) is 41.8 Å². The van der Waals surface area contributed by atoms with E-state index in [1.807, 2.05) is 13.8 Å². The van der Waals surface area contributed by atoms with Crippen LogP contribution >= 0.6 is 0 Å². The molecule has 0 saturated carbocycles. The molecule has 0 atom stereocenters. The molecular formula is C13H14F2N2O. The molecule has 1 heterocycles. The summed E-state index contributed by atoms with van der Waals surface area (Å²) in [4.78, 5) is 4.15. The second-order valence-electron chi connectivity index (χ2n) is 4.30. The number of nitrogens with zero attached hydrogens (tertiary/aromatic N) is 1. The molecule has 18 heavy (non-hydrogen) atoms. The first-order chi connectivity index (χ1) is 8.56. The summed E-state index contributed by atoms with van der Waals surface area (Å²) in [5.74, 6) is -1.14. The van der Waals surface area contributed by atoms with Crippen LogP contribution in [-0.4, -0.2) is 11.0 Å². The second kappa shape index (κ2) is 5.27. The Morgan fingerprint density at radius 3 is 2.78 bits per heavy atom. The van der Waals surface area contributed by atoms with Gasteiger partial charge in [-0.15, -0.1) is 0 Å². The van der Waals surface area contributed by atoms with E-state index >= 15 is 0 Å². The molecule has 1 aromatic carbocycles. The van der Waals surface area contributed by atoms with Crippen LogP contribution in [0.2, 0.25) is 0 Å². The minimum absolute atomic E-state index is 0.159. The highest BCUT2D eigenvalue weighted by molar-refractivity contribution is 5.54. The number of aromatic nitrogens is 1. The van der Waals surface area contributed by atoms with Crippen LogP contribution in [0.1, 0.15) is 19.5 Å². The molecule has 0 saturated heterocycles. The lowest BCUT2D eigenvalue weighted by atomic mass is 10.2. The van der Waals surface area contributed by atoms with E-state index in [-0.39, 0.29) is 11.5 Å². The summed E-state index contributed by atoms with van der Waals surface area (Å²) in [6, 6.07) is 3.63. The first-order valence-electron chi connectivity index (χ1n) is 5.69. The third-order valence-electron chi connectivity index (χ3n) is 2.40. The van der Waals surface area contributed by atoms with Crippen LogP contribution in [0.15, 0.2) is 28.9 Å². The van der Waals surface area contributed by atoms with Crippen molar-refractivity contribution in [1.82, 2.24) is 10.3 Å². The van der Waals surface area contributed by atoms with Crippen molar-refractivity contribution >= 4 is 0 Å². The number of halogens is 2. The zero-order valence-electron chi connectivity index (χ0n) is 10.2. The van der Waals surface area contributed by atoms with Crippen molar-refractivity contribution < 1.29 is 13.2 Å². The standard InChI is InChI=1S/C13H14F2N2O/c1-8(2)16-6-10-7-18-13(17-10)11-4-3-9(14)5-12(11)15/h3-5,7-8,16H,6H2,1-2H3. The highest BCUT2D eigenvalue weighted by Gasteiger charge is 2.12. The normalized spacial score (nSPS) is 11.2. The molecule has 2 aromatic rings. The summed E-state index contributed by atoms with van der Waals surface area (Å²) < 4.78 is 31.5. The van der Waals surface area contributed by atoms with Gasteiger partial charge in [0.1, 0.15) is 17.9 Å². The molecule has 0 radical (unpaired) electrons. The minimum Gasteiger partial charge on any atom is -0.444 e. The maximum atomic E-state index is 13.5. The molecule has 3 nitrogen and oxygen atoms in total. The maximum Gasteiger partial charge on any atom is 0.229 e. The van der Waals surface area contributed by atoms with Crippen molar-refractivity contribution in [2.24, 2.45) is 0 Å². The van der Waals surface area contributed by atoms with Crippen molar-refractivity contribution in [3.8, 4) is 11.5 Å². The van der Waals surface area contributed by atoms with Gasteiger partial charge < -0.3 is 9.73 Å². The number of hydrogen-bond acceptors (Lipinski definition) is 3. The minimum atomic E-state index is -0.680. The van der Waals surface area contributed by atoms with Gasteiger partial charge in [0.15, 0.2) is 0 Å². The average molecular weight is 252 g/mol. The van der Waals surface area contributed by atoms with E-state index in [9.17, 15) is 8.78 Å². The van der Waals surface area contributed by atoms with Crippen LogP contribution < -0.4 is 5.32 Å². The van der Waals surface area contributed by atoms with Crippen LogP contribution in [-0.2, 0) is 6.54 Å². The first-order valence-corrected chi connectivity index (χ1v) is 5.69. The van der Waals surface area contributed by atoms with E-state index in [1.165, 1.54) is 18.4 Å². The molecule has 96 valence electrons. The summed E-state index contributed by atoms with van der Waals surface area (Å²) in [6.45, 7) is 4.57. The van der Waals surface area contributed by atoms with E-state index in [4.69, 9.17) is 4.42 Å². The molecule has 0 aliphatic heterocycles. The van der Waals surface area contributed by atoms with Crippen LogP contribution in [0.5, 0.6) is 0 Å². The summed E-state index contributed by atoms with van der Waals surface area (Å²) in [5, 5.41) is 3.17. The average Bonchev–Trinajstić information content (AvgIpc) is 2.75. The Morgan fingerprint density at radius 2 is 2.11 bits per heavy atom. The number of hydrogen-bond donors (Lipinski definition) is 1. The molecule has 0 spiro atoms. The van der Waals surface area contributed by atoms with Gasteiger partial charge in [-0.25, -0.2) is 13.8 Å². The van der Waals surface area contributed by atoms with Gasteiger partial charge in [0.25, 0.3) is 0 Å². The summed E-state index contributed by atoms with van der Waals surface area (Å²) in [6.07, 6.45) is 1.47. The monoisotopic (exact) mass is 252 g/mol. The zero-order chi connectivity index (χ0) is 13.1. The predicted octanol–water partition coefficient (Wildman–Crippen LogP) is 3.12. The van der Waals surface area contributed by atoms with Gasteiger partial charge in [0, 0.05) is 18.7 Å². The number of nitrogens with one attached hydrogen (secondary N) is 1. The van der Waals surface area contributed by atoms with Crippen LogP contribution in [0.4, 0.5) is 8.78 Å². The molecule has 1 N–H and O–H groups in total. The first kappa shape index (κ1) is 12.7. The van der Waals surface area contributed by atoms with Crippen molar-refractivity contribution in [2.45, 2.75) is 26.4 Å². The Hall–Kier alpha value is -1.75. The largest absolute Gasteiger partial charge is 0.444 e. The van der Waals surface area contributed by atoms with E-state index in [0.29, 0.717) is 18.3 Å². The predicted molar refractivity (Wildman–Crippen MR) is 63.8 cm³/mol. The third kappa shape index (κ3) is 2.92. The Labute approximate surface area is 104 Å². The van der Waals surface area contributed by atoms with Crippen LogP contribution in [0.25, 0.3) is 11.5 Å². The summed E-state index contributed by atoms with van der Waals surface area (Å²) >= 11 is 0. The van der Waals surface area contributed by atoms with Gasteiger partial charge in [-0.1, -0.05) is 13.8 Å². The summed E-state index contributed by atoms with van der Waals surface area (Å²) in [5.41, 5.74) is 0.842. The molecular weight excluding hydrogens is 238 g/mol. The fourth-order valence-corrected chi connectivity index (χ4v) is 1.48. The van der Waals surface area contributed by atoms with Gasteiger partial charge in [0.2, 0.25) is 5.89 Å². The lowest BCUT2D eigenvalue weighted by molar-refractivity contribution is 0.549. The SMILES string of the molecule is CC(C)NCc1coc(-c2ccc(F)cc2F)n1. The van der Waals surface area contributed by atoms with Crippen LogP contribution in [0.3, 0.4) is 0 Å². The molecule has 1 aromatic heterocycles. The van der Waals surface area contributed by atoms with Crippen LogP contribution in [0, 0.1) is 11.6 Å². The smallest absolute Gasteiger partial charge is 0.229 e. The Bertz CT molecular complexity index is 538. The molecule has 0 aliphatic rings. The quantitative estimate of drug-likeness (QED) is 0.908. The van der Waals surface area contributed by atoms with E-state index in [0.717, 1.165) is 6.07 Å². The van der Waals surface area contributed by atoms with Crippen molar-refractivity contribution in [2.75, 3.05) is 0 Å². The number of rotatable bonds is 4. The number of benzene rings is 1. The fourth-order valence-electron chi connectivity index (χ4n) is 1.48. The maximum absolute atomic E-state index is 13.5. The molecule has 0 amide bonds. The Morgan fingerprint density at radius 1 is 1.33 bits per heavy atom. The van der Waals surface area contributed by atoms with Crippen molar-refractivity contribution in [1.29, 1.82) is 0 Å². The highest BCUT2D eigenvalue weighted by Crippen LogP contribution is 2.22. The van der Waals surface area contributed by atoms with Gasteiger partial charge in [-0.05, 0) is 12.1 Å². The lowest BCUT2D eigenvalue weighted by Crippen LogP contribution is -2.21. The molecule has 5 heteroatoms. The van der Waals surface area contributed by atoms with Gasteiger partial charge in [-0.2, -0.15) is 0 Å². The highest BCUT2D eigenvalue weighted by atomic mass is 19.1. The van der Waals surface area contributed by atoms with Gasteiger partial charge in [-0.3, -0.25) is 0 Å². The van der Waals surface area contributed by atoms with Gasteiger partial charge in [0.05, 0.1) is 11.3 Å². The van der Waals surface area contributed by atoms with Crippen molar-refractivity contribution in [3.63, 3.8) is 0 Å². The second-order valence-corrected chi connectivity index (χ2v) is 4.30. The molecule has 0 aliphatic carbocycles. The fraction of sp³-hybridized carbons (Fsp3) is 0.308. The van der Waals surface area contributed by atoms with E-state index < -0.39 is 11.6 Å². The molecule has 0 bridgehead atoms. The molecule has 0 fully saturated rings. The Kier molecular flexibility index (Phi) is 3.72. The summed E-state index contributed by atoms with van der Waals surface area (Å²) in [7, 11) is 0. The third-order valence-corrected chi connectivity index (χ3v) is 2.40.